The zero-order chi connectivity index (χ0) is 19.5. The van der Waals surface area contributed by atoms with Gasteiger partial charge in [0.25, 0.3) is 0 Å². The molecule has 0 aliphatic heterocycles. The molecule has 2 N–H and O–H groups in total. The summed E-state index contributed by atoms with van der Waals surface area (Å²) >= 11 is 1.65. The Labute approximate surface area is 189 Å². The van der Waals surface area contributed by atoms with Crippen LogP contribution in [0.2, 0.25) is 0 Å². The molecule has 158 valence electrons. The summed E-state index contributed by atoms with van der Waals surface area (Å²) in [4.78, 5) is 4.28. The van der Waals surface area contributed by atoms with Crippen molar-refractivity contribution in [3.63, 3.8) is 0 Å². The Bertz CT molecular complexity index is 684. The van der Waals surface area contributed by atoms with Crippen LogP contribution in [-0.2, 0) is 19.5 Å². The van der Waals surface area contributed by atoms with Gasteiger partial charge in [-0.05, 0) is 31.1 Å². The fourth-order valence-electron chi connectivity index (χ4n) is 2.76. The molecule has 0 atom stereocenters. The van der Waals surface area contributed by atoms with Crippen molar-refractivity contribution in [2.75, 3.05) is 26.4 Å². The smallest absolute Gasteiger partial charge is 0.190 e. The average molecular weight is 520 g/mol. The van der Waals surface area contributed by atoms with Crippen LogP contribution in [0.25, 0.3) is 0 Å². The molecule has 0 unspecified atom stereocenters. The molecule has 0 aromatic carbocycles. The number of aliphatic imine (C=N–C) groups is 1. The predicted molar refractivity (Wildman–Crippen MR) is 127 cm³/mol. The number of aryl methyl sites for hydroxylation is 2. The molecule has 2 aromatic heterocycles. The molecule has 0 amide bonds. The fourth-order valence-corrected chi connectivity index (χ4v) is 3.28. The minimum atomic E-state index is 0. The van der Waals surface area contributed by atoms with Gasteiger partial charge in [0, 0.05) is 52.0 Å². The van der Waals surface area contributed by atoms with Crippen LogP contribution in [-0.4, -0.2) is 56.9 Å². The quantitative estimate of drug-likeness (QED) is 0.156. The van der Waals surface area contributed by atoms with E-state index in [1.54, 1.807) is 25.0 Å². The second-order valence-corrected chi connectivity index (χ2v) is 7.53. The van der Waals surface area contributed by atoms with Gasteiger partial charge in [-0.1, -0.05) is 25.6 Å². The third-order valence-electron chi connectivity index (χ3n) is 4.03. The molecule has 2 aromatic rings. The second-order valence-electron chi connectivity index (χ2n) is 6.76. The van der Waals surface area contributed by atoms with Gasteiger partial charge in [-0.2, -0.15) is 5.10 Å². The van der Waals surface area contributed by atoms with E-state index in [4.69, 9.17) is 0 Å². The molecule has 28 heavy (non-hydrogen) atoms. The van der Waals surface area contributed by atoms with Gasteiger partial charge < -0.3 is 15.2 Å². The molecule has 0 bridgehead atoms. The van der Waals surface area contributed by atoms with E-state index in [1.807, 2.05) is 23.2 Å². The van der Waals surface area contributed by atoms with Crippen LogP contribution in [0.4, 0.5) is 0 Å². The minimum Gasteiger partial charge on any atom is -0.356 e. The molecule has 0 saturated carbocycles. The maximum Gasteiger partial charge on any atom is 0.190 e. The van der Waals surface area contributed by atoms with Crippen LogP contribution < -0.4 is 10.6 Å². The SMILES string of the molecule is CN=C(NCCCc1nnc(SC)n1CC(C)C)NCCCn1cccn1.I. The standard InChI is InChI=1S/C18H32N8S.HI/c1-15(2)14-26-16(23-24-18(26)27-4)8-5-9-20-17(19-3)21-10-6-12-25-13-7-11-22-25;/h7,11,13,15H,5-6,8-10,12,14H2,1-4H3,(H2,19,20,21);1H. The third-order valence-corrected chi connectivity index (χ3v) is 4.70. The summed E-state index contributed by atoms with van der Waals surface area (Å²) < 4.78 is 4.19. The van der Waals surface area contributed by atoms with Crippen LogP contribution in [0.3, 0.4) is 0 Å². The van der Waals surface area contributed by atoms with Crippen LogP contribution in [0, 0.1) is 5.92 Å². The van der Waals surface area contributed by atoms with Gasteiger partial charge in [0.15, 0.2) is 11.1 Å². The number of thioether (sulfide) groups is 1. The first-order valence-corrected chi connectivity index (χ1v) is 10.7. The minimum absolute atomic E-state index is 0. The predicted octanol–water partition coefficient (Wildman–Crippen LogP) is 2.66. The van der Waals surface area contributed by atoms with Gasteiger partial charge in [0.2, 0.25) is 0 Å². The maximum atomic E-state index is 4.37. The number of aromatic nitrogens is 5. The second kappa shape index (κ2) is 13.8. The van der Waals surface area contributed by atoms with Gasteiger partial charge in [-0.25, -0.2) is 0 Å². The molecule has 0 spiro atoms. The Morgan fingerprint density at radius 1 is 1.21 bits per heavy atom. The summed E-state index contributed by atoms with van der Waals surface area (Å²) in [7, 11) is 1.80. The highest BCUT2D eigenvalue weighted by Gasteiger charge is 2.12. The largest absolute Gasteiger partial charge is 0.356 e. The Balaban J connectivity index is 0.00000392. The lowest BCUT2D eigenvalue weighted by Crippen LogP contribution is -2.38. The van der Waals surface area contributed by atoms with E-state index in [2.05, 4.69) is 49.3 Å². The number of guanidine groups is 1. The highest BCUT2D eigenvalue weighted by Crippen LogP contribution is 2.16. The molecule has 10 heteroatoms. The lowest BCUT2D eigenvalue weighted by Gasteiger charge is -2.13. The van der Waals surface area contributed by atoms with Gasteiger partial charge in [0.1, 0.15) is 5.82 Å². The Hall–Kier alpha value is -1.30. The summed E-state index contributed by atoms with van der Waals surface area (Å²) in [6.45, 7) is 8.02. The van der Waals surface area contributed by atoms with Crippen LogP contribution in [0.15, 0.2) is 28.6 Å². The first-order chi connectivity index (χ1) is 13.1. The third kappa shape index (κ3) is 8.38. The summed E-state index contributed by atoms with van der Waals surface area (Å²) in [5, 5.41) is 20.6. The zero-order valence-corrected chi connectivity index (χ0v) is 20.4. The first-order valence-electron chi connectivity index (χ1n) is 9.52. The summed E-state index contributed by atoms with van der Waals surface area (Å²) in [5.74, 6) is 2.48. The van der Waals surface area contributed by atoms with Crippen molar-refractivity contribution in [2.24, 2.45) is 10.9 Å². The molecular formula is C18H33IN8S. The normalized spacial score (nSPS) is 11.5. The fraction of sp³-hybridized carbons (Fsp3) is 0.667. The first kappa shape index (κ1) is 24.7. The molecule has 0 radical (unpaired) electrons. The van der Waals surface area contributed by atoms with E-state index in [-0.39, 0.29) is 24.0 Å². The monoisotopic (exact) mass is 520 g/mol. The van der Waals surface area contributed by atoms with Gasteiger partial charge in [-0.3, -0.25) is 9.67 Å². The van der Waals surface area contributed by atoms with Crippen molar-refractivity contribution in [3.05, 3.63) is 24.3 Å². The van der Waals surface area contributed by atoms with Crippen LogP contribution >= 0.6 is 35.7 Å². The van der Waals surface area contributed by atoms with Crippen LogP contribution in [0.5, 0.6) is 0 Å². The van der Waals surface area contributed by atoms with E-state index in [0.717, 1.165) is 62.4 Å². The lowest BCUT2D eigenvalue weighted by molar-refractivity contribution is 0.477. The number of rotatable bonds is 11. The Kier molecular flexibility index (Phi) is 12.2. The highest BCUT2D eigenvalue weighted by molar-refractivity contribution is 14.0. The van der Waals surface area contributed by atoms with Crippen LogP contribution in [0.1, 0.15) is 32.5 Å². The van der Waals surface area contributed by atoms with Crippen molar-refractivity contribution in [1.82, 2.24) is 35.2 Å². The number of hydrogen-bond donors (Lipinski definition) is 2. The topological polar surface area (TPSA) is 85.0 Å². The van der Waals surface area contributed by atoms with Crippen molar-refractivity contribution in [2.45, 2.75) is 51.4 Å². The molecule has 2 heterocycles. The van der Waals surface area contributed by atoms with Gasteiger partial charge >= 0.3 is 0 Å². The van der Waals surface area contributed by atoms with E-state index in [1.165, 1.54) is 0 Å². The molecule has 0 fully saturated rings. The molecule has 0 saturated heterocycles. The number of hydrogen-bond acceptors (Lipinski definition) is 5. The Morgan fingerprint density at radius 3 is 2.57 bits per heavy atom. The van der Waals surface area contributed by atoms with Crippen molar-refractivity contribution in [1.29, 1.82) is 0 Å². The maximum absolute atomic E-state index is 4.37. The molecule has 0 aliphatic carbocycles. The highest BCUT2D eigenvalue weighted by atomic mass is 127. The van der Waals surface area contributed by atoms with E-state index >= 15 is 0 Å². The molecule has 2 rings (SSSR count). The van der Waals surface area contributed by atoms with Gasteiger partial charge in [-0.15, -0.1) is 34.2 Å². The molecule has 0 aliphatic rings. The Morgan fingerprint density at radius 2 is 1.96 bits per heavy atom. The molecule has 8 nitrogen and oxygen atoms in total. The molecular weight excluding hydrogens is 487 g/mol. The lowest BCUT2D eigenvalue weighted by atomic mass is 10.2. The average Bonchev–Trinajstić information content (AvgIpc) is 3.30. The number of nitrogens with zero attached hydrogens (tertiary/aromatic N) is 6. The van der Waals surface area contributed by atoms with E-state index in [0.29, 0.717) is 5.92 Å². The summed E-state index contributed by atoms with van der Waals surface area (Å²) in [5.41, 5.74) is 0. The number of nitrogens with one attached hydrogen (secondary N) is 2. The van der Waals surface area contributed by atoms with Crippen molar-refractivity contribution in [3.8, 4) is 0 Å². The van der Waals surface area contributed by atoms with E-state index < -0.39 is 0 Å². The summed E-state index contributed by atoms with van der Waals surface area (Å²) in [6, 6.07) is 1.94. The zero-order valence-electron chi connectivity index (χ0n) is 17.3. The number of halogens is 1. The van der Waals surface area contributed by atoms with E-state index in [9.17, 15) is 0 Å². The van der Waals surface area contributed by atoms with Crippen molar-refractivity contribution < 1.29 is 0 Å². The van der Waals surface area contributed by atoms with Crippen molar-refractivity contribution >= 4 is 41.7 Å². The van der Waals surface area contributed by atoms with Gasteiger partial charge in [0.05, 0.1) is 0 Å². The summed E-state index contributed by atoms with van der Waals surface area (Å²) in [6.07, 6.45) is 8.72.